The minimum Gasteiger partial charge on any atom is -0.383 e. The molecular weight excluding hydrogens is 267 g/mol. The molecular formula is C17H29FN2O. The Morgan fingerprint density at radius 1 is 1.29 bits per heavy atom. The molecule has 0 saturated heterocycles. The topological polar surface area (TPSA) is 24.5 Å². The van der Waals surface area contributed by atoms with E-state index in [1.165, 1.54) is 6.07 Å². The van der Waals surface area contributed by atoms with Crippen molar-refractivity contribution in [1.29, 1.82) is 0 Å². The first-order valence-electron chi connectivity index (χ1n) is 7.84. The van der Waals surface area contributed by atoms with Crippen LogP contribution in [-0.4, -0.2) is 44.3 Å². The summed E-state index contributed by atoms with van der Waals surface area (Å²) < 4.78 is 19.2. The molecule has 0 spiro atoms. The molecule has 2 atom stereocenters. The van der Waals surface area contributed by atoms with Crippen LogP contribution < -0.4 is 5.32 Å². The lowest BCUT2D eigenvalue weighted by molar-refractivity contribution is 0.0996. The maximum atomic E-state index is 14.0. The minimum absolute atomic E-state index is 0.0556. The zero-order valence-electron chi connectivity index (χ0n) is 13.7. The molecule has 2 unspecified atom stereocenters. The van der Waals surface area contributed by atoms with Gasteiger partial charge in [0.05, 0.1) is 6.61 Å². The molecule has 0 radical (unpaired) electrons. The molecule has 120 valence electrons. The highest BCUT2D eigenvalue weighted by Crippen LogP contribution is 2.20. The van der Waals surface area contributed by atoms with Gasteiger partial charge in [0.15, 0.2) is 0 Å². The fourth-order valence-corrected chi connectivity index (χ4v) is 2.70. The summed E-state index contributed by atoms with van der Waals surface area (Å²) in [5.74, 6) is -0.128. The van der Waals surface area contributed by atoms with E-state index in [0.717, 1.165) is 38.2 Å². The van der Waals surface area contributed by atoms with Crippen molar-refractivity contribution in [3.63, 3.8) is 0 Å². The maximum absolute atomic E-state index is 14.0. The molecule has 1 aromatic carbocycles. The zero-order chi connectivity index (χ0) is 15.7. The van der Waals surface area contributed by atoms with E-state index in [-0.39, 0.29) is 11.9 Å². The monoisotopic (exact) mass is 296 g/mol. The third kappa shape index (κ3) is 5.73. The van der Waals surface area contributed by atoms with Gasteiger partial charge in [-0.2, -0.15) is 0 Å². The predicted molar refractivity (Wildman–Crippen MR) is 86.0 cm³/mol. The standard InChI is InChI=1S/C17H29FN2O/c1-5-19-17(15-9-7-8-10-16(15)18)11-12-20(6-2)14(3)13-21-4/h7-10,14,17,19H,5-6,11-13H2,1-4H3. The van der Waals surface area contributed by atoms with Crippen LogP contribution in [0.15, 0.2) is 24.3 Å². The highest BCUT2D eigenvalue weighted by atomic mass is 19.1. The van der Waals surface area contributed by atoms with Crippen LogP contribution in [0.5, 0.6) is 0 Å². The Bertz CT molecular complexity index is 400. The molecule has 0 aromatic heterocycles. The molecule has 1 aromatic rings. The number of ether oxygens (including phenoxy) is 1. The van der Waals surface area contributed by atoms with E-state index in [1.54, 1.807) is 13.2 Å². The minimum atomic E-state index is -0.128. The normalized spacial score (nSPS) is 14.4. The van der Waals surface area contributed by atoms with Crippen LogP contribution >= 0.6 is 0 Å². The molecule has 0 aliphatic rings. The van der Waals surface area contributed by atoms with E-state index in [4.69, 9.17) is 4.74 Å². The van der Waals surface area contributed by atoms with Crippen LogP contribution in [0.2, 0.25) is 0 Å². The largest absolute Gasteiger partial charge is 0.383 e. The molecule has 1 rings (SSSR count). The molecule has 4 heteroatoms. The van der Waals surface area contributed by atoms with Crippen molar-refractivity contribution in [2.45, 2.75) is 39.3 Å². The molecule has 0 heterocycles. The van der Waals surface area contributed by atoms with Gasteiger partial charge in [0.25, 0.3) is 0 Å². The number of rotatable bonds is 10. The molecule has 0 aliphatic heterocycles. The van der Waals surface area contributed by atoms with E-state index in [9.17, 15) is 4.39 Å². The van der Waals surface area contributed by atoms with E-state index in [1.807, 2.05) is 12.1 Å². The SMILES string of the molecule is CCNC(CCN(CC)C(C)COC)c1ccccc1F. The van der Waals surface area contributed by atoms with Crippen molar-refractivity contribution in [2.75, 3.05) is 33.4 Å². The van der Waals surface area contributed by atoms with Gasteiger partial charge in [0, 0.05) is 31.3 Å². The molecule has 0 bridgehead atoms. The summed E-state index contributed by atoms with van der Waals surface area (Å²) in [4.78, 5) is 2.37. The second kappa shape index (κ2) is 9.87. The Balaban J connectivity index is 2.68. The summed E-state index contributed by atoms with van der Waals surface area (Å²) in [6.45, 7) is 9.82. The lowest BCUT2D eigenvalue weighted by Crippen LogP contribution is -2.38. The van der Waals surface area contributed by atoms with Gasteiger partial charge < -0.3 is 10.1 Å². The van der Waals surface area contributed by atoms with Crippen molar-refractivity contribution < 1.29 is 9.13 Å². The Kier molecular flexibility index (Phi) is 8.50. The van der Waals surface area contributed by atoms with Crippen LogP contribution in [0.25, 0.3) is 0 Å². The van der Waals surface area contributed by atoms with Gasteiger partial charge in [-0.3, -0.25) is 4.90 Å². The predicted octanol–water partition coefficient (Wildman–Crippen LogP) is 3.22. The van der Waals surface area contributed by atoms with Gasteiger partial charge in [0.1, 0.15) is 5.82 Å². The van der Waals surface area contributed by atoms with Gasteiger partial charge in [0.2, 0.25) is 0 Å². The van der Waals surface area contributed by atoms with E-state index in [0.29, 0.717) is 6.04 Å². The summed E-state index contributed by atoms with van der Waals surface area (Å²) >= 11 is 0. The lowest BCUT2D eigenvalue weighted by Gasteiger charge is -2.29. The average Bonchev–Trinajstić information content (AvgIpc) is 2.48. The van der Waals surface area contributed by atoms with Crippen LogP contribution in [0, 0.1) is 5.82 Å². The summed E-state index contributed by atoms with van der Waals surface area (Å²) in [5.41, 5.74) is 0.759. The summed E-state index contributed by atoms with van der Waals surface area (Å²) in [6.07, 6.45) is 0.886. The molecule has 0 saturated carbocycles. The lowest BCUT2D eigenvalue weighted by atomic mass is 10.0. The molecule has 0 aliphatic carbocycles. The Labute approximate surface area is 128 Å². The molecule has 21 heavy (non-hydrogen) atoms. The fraction of sp³-hybridized carbons (Fsp3) is 0.647. The van der Waals surface area contributed by atoms with Crippen LogP contribution in [-0.2, 0) is 4.74 Å². The quantitative estimate of drug-likeness (QED) is 0.717. The van der Waals surface area contributed by atoms with Gasteiger partial charge in [-0.1, -0.05) is 32.0 Å². The number of halogens is 1. The number of hydrogen-bond donors (Lipinski definition) is 1. The van der Waals surface area contributed by atoms with Crippen LogP contribution in [0.4, 0.5) is 4.39 Å². The van der Waals surface area contributed by atoms with Gasteiger partial charge >= 0.3 is 0 Å². The van der Waals surface area contributed by atoms with Crippen LogP contribution in [0.3, 0.4) is 0 Å². The number of methoxy groups -OCH3 is 1. The number of likely N-dealkylation sites (N-methyl/N-ethyl adjacent to an activating group) is 1. The highest BCUT2D eigenvalue weighted by Gasteiger charge is 2.18. The Morgan fingerprint density at radius 2 is 2.00 bits per heavy atom. The molecule has 0 amide bonds. The number of hydrogen-bond acceptors (Lipinski definition) is 3. The summed E-state index contributed by atoms with van der Waals surface area (Å²) in [6, 6.07) is 7.47. The second-order valence-corrected chi connectivity index (χ2v) is 5.35. The van der Waals surface area contributed by atoms with Crippen molar-refractivity contribution in [1.82, 2.24) is 10.2 Å². The third-order valence-corrected chi connectivity index (χ3v) is 3.87. The van der Waals surface area contributed by atoms with Crippen molar-refractivity contribution in [3.8, 4) is 0 Å². The Morgan fingerprint density at radius 3 is 2.57 bits per heavy atom. The van der Waals surface area contributed by atoms with Crippen molar-refractivity contribution in [2.24, 2.45) is 0 Å². The first-order chi connectivity index (χ1) is 10.1. The van der Waals surface area contributed by atoms with Gasteiger partial charge in [-0.05, 0) is 32.5 Å². The summed E-state index contributed by atoms with van der Waals surface area (Å²) in [5, 5.41) is 3.39. The van der Waals surface area contributed by atoms with Crippen LogP contribution in [0.1, 0.15) is 38.8 Å². The van der Waals surface area contributed by atoms with Gasteiger partial charge in [-0.25, -0.2) is 4.39 Å². The van der Waals surface area contributed by atoms with Crippen molar-refractivity contribution in [3.05, 3.63) is 35.6 Å². The Hall–Kier alpha value is -0.970. The van der Waals surface area contributed by atoms with E-state index >= 15 is 0 Å². The maximum Gasteiger partial charge on any atom is 0.127 e. The second-order valence-electron chi connectivity index (χ2n) is 5.35. The van der Waals surface area contributed by atoms with E-state index in [2.05, 4.69) is 31.0 Å². The molecule has 1 N–H and O–H groups in total. The molecule has 0 fully saturated rings. The van der Waals surface area contributed by atoms with Crippen molar-refractivity contribution >= 4 is 0 Å². The zero-order valence-corrected chi connectivity index (χ0v) is 13.7. The molecule has 3 nitrogen and oxygen atoms in total. The average molecular weight is 296 g/mol. The number of nitrogens with one attached hydrogen (secondary N) is 1. The number of benzene rings is 1. The first kappa shape index (κ1) is 18.1. The summed E-state index contributed by atoms with van der Waals surface area (Å²) in [7, 11) is 1.73. The first-order valence-corrected chi connectivity index (χ1v) is 7.84. The highest BCUT2D eigenvalue weighted by molar-refractivity contribution is 5.21. The smallest absolute Gasteiger partial charge is 0.127 e. The number of nitrogens with zero attached hydrogens (tertiary/aromatic N) is 1. The van der Waals surface area contributed by atoms with E-state index < -0.39 is 0 Å². The third-order valence-electron chi connectivity index (χ3n) is 3.87. The van der Waals surface area contributed by atoms with Gasteiger partial charge in [-0.15, -0.1) is 0 Å². The fourth-order valence-electron chi connectivity index (χ4n) is 2.70.